The van der Waals surface area contributed by atoms with Crippen molar-refractivity contribution in [3.8, 4) is 5.75 Å². The molecule has 2 aromatic rings. The van der Waals surface area contributed by atoms with E-state index in [2.05, 4.69) is 10.1 Å². The number of hydrogen-bond acceptors (Lipinski definition) is 5. The van der Waals surface area contributed by atoms with Crippen LogP contribution < -0.4 is 10.5 Å². The van der Waals surface area contributed by atoms with Crippen molar-refractivity contribution in [1.82, 2.24) is 10.1 Å². The van der Waals surface area contributed by atoms with Crippen molar-refractivity contribution in [2.75, 3.05) is 0 Å². The van der Waals surface area contributed by atoms with Crippen LogP contribution in [0.5, 0.6) is 5.75 Å². The molecule has 0 spiro atoms. The second kappa shape index (κ2) is 5.64. The lowest BCUT2D eigenvalue weighted by atomic mass is 10.2. The number of ether oxygens (including phenoxy) is 1. The molecule has 0 saturated carbocycles. The Labute approximate surface area is 106 Å². The van der Waals surface area contributed by atoms with Crippen LogP contribution in [0, 0.1) is 0 Å². The fourth-order valence-electron chi connectivity index (χ4n) is 1.43. The van der Waals surface area contributed by atoms with E-state index in [4.69, 9.17) is 15.0 Å². The third kappa shape index (κ3) is 3.07. The molecule has 0 unspecified atom stereocenters. The van der Waals surface area contributed by atoms with E-state index in [1.165, 1.54) is 0 Å². The van der Waals surface area contributed by atoms with Gasteiger partial charge in [0.15, 0.2) is 12.4 Å². The van der Waals surface area contributed by atoms with Gasteiger partial charge in [-0.05, 0) is 17.7 Å². The zero-order valence-electron chi connectivity index (χ0n) is 10.6. The van der Waals surface area contributed by atoms with Crippen molar-refractivity contribution in [2.45, 2.75) is 32.9 Å². The number of nitrogens with zero attached hydrogens (tertiary/aromatic N) is 2. The van der Waals surface area contributed by atoms with Gasteiger partial charge in [0, 0.05) is 12.5 Å². The Hall–Kier alpha value is -1.88. The van der Waals surface area contributed by atoms with Gasteiger partial charge in [-0.3, -0.25) is 0 Å². The van der Waals surface area contributed by atoms with E-state index in [0.717, 1.165) is 11.3 Å². The summed E-state index contributed by atoms with van der Waals surface area (Å²) in [5, 5.41) is 3.87. The van der Waals surface area contributed by atoms with Crippen LogP contribution in [0.2, 0.25) is 0 Å². The molecule has 2 N–H and O–H groups in total. The fraction of sp³-hybridized carbons (Fsp3) is 0.385. The second-order valence-electron chi connectivity index (χ2n) is 4.34. The molecule has 2 rings (SSSR count). The molecule has 1 aromatic carbocycles. The molecule has 5 nitrogen and oxygen atoms in total. The van der Waals surface area contributed by atoms with Gasteiger partial charge in [0.2, 0.25) is 0 Å². The number of aromatic nitrogens is 2. The van der Waals surface area contributed by atoms with Crippen molar-refractivity contribution in [2.24, 2.45) is 5.73 Å². The first-order valence-electron chi connectivity index (χ1n) is 5.93. The highest BCUT2D eigenvalue weighted by atomic mass is 16.5. The predicted molar refractivity (Wildman–Crippen MR) is 67.1 cm³/mol. The summed E-state index contributed by atoms with van der Waals surface area (Å²) in [7, 11) is 0. The molecule has 0 saturated heterocycles. The zero-order chi connectivity index (χ0) is 13.0. The molecular weight excluding hydrogens is 230 g/mol. The Morgan fingerprint density at radius 3 is 2.56 bits per heavy atom. The molecule has 0 bridgehead atoms. The van der Waals surface area contributed by atoms with Gasteiger partial charge in [-0.15, -0.1) is 0 Å². The van der Waals surface area contributed by atoms with Crippen molar-refractivity contribution >= 4 is 0 Å². The van der Waals surface area contributed by atoms with Gasteiger partial charge in [0.25, 0.3) is 5.89 Å². The van der Waals surface area contributed by atoms with E-state index in [9.17, 15) is 0 Å². The van der Waals surface area contributed by atoms with Gasteiger partial charge >= 0.3 is 0 Å². The van der Waals surface area contributed by atoms with E-state index in [1.807, 2.05) is 38.1 Å². The Kier molecular flexibility index (Phi) is 3.94. The summed E-state index contributed by atoms with van der Waals surface area (Å²) in [6.45, 7) is 4.84. The monoisotopic (exact) mass is 247 g/mol. The molecule has 0 aliphatic carbocycles. The van der Waals surface area contributed by atoms with Crippen LogP contribution in [0.15, 0.2) is 28.8 Å². The molecule has 5 heteroatoms. The van der Waals surface area contributed by atoms with Crippen LogP contribution in [0.25, 0.3) is 0 Å². The highest BCUT2D eigenvalue weighted by Gasteiger charge is 2.09. The summed E-state index contributed by atoms with van der Waals surface area (Å²) in [6, 6.07) is 7.62. The average Bonchev–Trinajstić information content (AvgIpc) is 2.86. The maximum atomic E-state index is 5.55. The van der Waals surface area contributed by atoms with Gasteiger partial charge < -0.3 is 15.0 Å². The third-order valence-corrected chi connectivity index (χ3v) is 2.52. The van der Waals surface area contributed by atoms with Gasteiger partial charge in [-0.2, -0.15) is 4.98 Å². The minimum Gasteiger partial charge on any atom is -0.484 e. The van der Waals surface area contributed by atoms with Crippen molar-refractivity contribution in [1.29, 1.82) is 0 Å². The topological polar surface area (TPSA) is 74.2 Å². The highest BCUT2D eigenvalue weighted by Crippen LogP contribution is 2.14. The molecule has 0 amide bonds. The van der Waals surface area contributed by atoms with Gasteiger partial charge in [-0.25, -0.2) is 0 Å². The molecule has 0 aliphatic heterocycles. The summed E-state index contributed by atoms with van der Waals surface area (Å²) in [6.07, 6.45) is 0. The SMILES string of the molecule is CC(C)c1noc(COc2ccc(CN)cc2)n1. The lowest BCUT2D eigenvalue weighted by Crippen LogP contribution is -1.98. The molecule has 0 radical (unpaired) electrons. The smallest absolute Gasteiger partial charge is 0.264 e. The molecule has 0 fully saturated rings. The van der Waals surface area contributed by atoms with Gasteiger partial charge in [-0.1, -0.05) is 31.1 Å². The summed E-state index contributed by atoms with van der Waals surface area (Å²) < 4.78 is 10.6. The number of rotatable bonds is 5. The normalized spacial score (nSPS) is 10.9. The fourth-order valence-corrected chi connectivity index (χ4v) is 1.43. The first-order valence-corrected chi connectivity index (χ1v) is 5.93. The first kappa shape index (κ1) is 12.6. The standard InChI is InChI=1S/C13H17N3O2/c1-9(2)13-15-12(18-16-13)8-17-11-5-3-10(7-14)4-6-11/h3-6,9H,7-8,14H2,1-2H3. The van der Waals surface area contributed by atoms with Gasteiger partial charge in [0.1, 0.15) is 5.75 Å². The molecular formula is C13H17N3O2. The zero-order valence-corrected chi connectivity index (χ0v) is 10.6. The second-order valence-corrected chi connectivity index (χ2v) is 4.34. The van der Waals surface area contributed by atoms with Crippen molar-refractivity contribution in [3.63, 3.8) is 0 Å². The lowest BCUT2D eigenvalue weighted by Gasteiger charge is -2.03. The Balaban J connectivity index is 1.93. The first-order chi connectivity index (χ1) is 8.69. The van der Waals surface area contributed by atoms with Crippen LogP contribution in [-0.4, -0.2) is 10.1 Å². The highest BCUT2D eigenvalue weighted by molar-refractivity contribution is 5.27. The minimum absolute atomic E-state index is 0.256. The Morgan fingerprint density at radius 1 is 1.28 bits per heavy atom. The number of hydrogen-bond donors (Lipinski definition) is 1. The summed E-state index contributed by atoms with van der Waals surface area (Å²) in [5.41, 5.74) is 6.59. The number of benzene rings is 1. The van der Waals surface area contributed by atoms with Crippen LogP contribution in [0.3, 0.4) is 0 Å². The van der Waals surface area contributed by atoms with E-state index in [0.29, 0.717) is 18.3 Å². The molecule has 96 valence electrons. The third-order valence-electron chi connectivity index (χ3n) is 2.52. The van der Waals surface area contributed by atoms with E-state index in [1.54, 1.807) is 0 Å². The summed E-state index contributed by atoms with van der Waals surface area (Å²) in [5.74, 6) is 2.21. The van der Waals surface area contributed by atoms with E-state index >= 15 is 0 Å². The molecule has 0 atom stereocenters. The summed E-state index contributed by atoms with van der Waals surface area (Å²) >= 11 is 0. The molecule has 0 aliphatic rings. The van der Waals surface area contributed by atoms with E-state index in [-0.39, 0.29) is 12.5 Å². The molecule has 1 heterocycles. The number of nitrogens with two attached hydrogens (primary N) is 1. The van der Waals surface area contributed by atoms with Crippen LogP contribution in [0.1, 0.15) is 37.0 Å². The maximum absolute atomic E-state index is 5.55. The molecule has 18 heavy (non-hydrogen) atoms. The van der Waals surface area contributed by atoms with Crippen molar-refractivity contribution in [3.05, 3.63) is 41.5 Å². The van der Waals surface area contributed by atoms with Crippen LogP contribution in [-0.2, 0) is 13.2 Å². The van der Waals surface area contributed by atoms with Crippen LogP contribution in [0.4, 0.5) is 0 Å². The quantitative estimate of drug-likeness (QED) is 0.877. The largest absolute Gasteiger partial charge is 0.484 e. The average molecular weight is 247 g/mol. The van der Waals surface area contributed by atoms with Crippen LogP contribution >= 0.6 is 0 Å². The Morgan fingerprint density at radius 2 is 2.00 bits per heavy atom. The maximum Gasteiger partial charge on any atom is 0.264 e. The van der Waals surface area contributed by atoms with Gasteiger partial charge in [0.05, 0.1) is 0 Å². The predicted octanol–water partition coefficient (Wildman–Crippen LogP) is 2.23. The Bertz CT molecular complexity index is 491. The molecule has 1 aromatic heterocycles. The lowest BCUT2D eigenvalue weighted by molar-refractivity contribution is 0.242. The summed E-state index contributed by atoms with van der Waals surface area (Å²) in [4.78, 5) is 4.24. The van der Waals surface area contributed by atoms with E-state index < -0.39 is 0 Å². The minimum atomic E-state index is 0.256. The van der Waals surface area contributed by atoms with Crippen molar-refractivity contribution < 1.29 is 9.26 Å².